The maximum Gasteiger partial charge on any atom is 0.191 e. The van der Waals surface area contributed by atoms with E-state index >= 15 is 0 Å². The predicted molar refractivity (Wildman–Crippen MR) is 135 cm³/mol. The highest BCUT2D eigenvalue weighted by atomic mass is 127. The summed E-state index contributed by atoms with van der Waals surface area (Å²) in [6.07, 6.45) is 6.90. The van der Waals surface area contributed by atoms with Gasteiger partial charge in [-0.15, -0.1) is 24.0 Å². The molecule has 2 fully saturated rings. The van der Waals surface area contributed by atoms with Crippen molar-refractivity contribution in [3.05, 3.63) is 24.2 Å². The Bertz CT molecular complexity index is 590. The zero-order chi connectivity index (χ0) is 20.3. The number of halogens is 1. The molecule has 2 aliphatic heterocycles. The van der Waals surface area contributed by atoms with Crippen LogP contribution in [0.2, 0.25) is 0 Å². The van der Waals surface area contributed by atoms with Gasteiger partial charge in [-0.1, -0.05) is 6.42 Å². The van der Waals surface area contributed by atoms with Crippen LogP contribution in [0.3, 0.4) is 0 Å². The smallest absolute Gasteiger partial charge is 0.191 e. The second-order valence-electron chi connectivity index (χ2n) is 8.27. The van der Waals surface area contributed by atoms with E-state index in [9.17, 15) is 0 Å². The van der Waals surface area contributed by atoms with Crippen molar-refractivity contribution in [3.8, 4) is 0 Å². The number of likely N-dealkylation sites (N-methyl/N-ethyl adjacent to an activating group) is 1. The summed E-state index contributed by atoms with van der Waals surface area (Å²) in [4.78, 5) is 12.4. The summed E-state index contributed by atoms with van der Waals surface area (Å²) in [6.45, 7) is 12.7. The van der Waals surface area contributed by atoms with Gasteiger partial charge in [-0.2, -0.15) is 0 Å². The number of piperidine rings is 1. The van der Waals surface area contributed by atoms with Crippen LogP contribution in [0.5, 0.6) is 0 Å². The van der Waals surface area contributed by atoms with Gasteiger partial charge in [-0.3, -0.25) is 9.89 Å². The third-order valence-electron chi connectivity index (χ3n) is 6.00. The number of nitrogens with zero attached hydrogens (tertiary/aromatic N) is 4. The number of rotatable bonds is 8. The number of furan rings is 1. The molecule has 0 spiro atoms. The van der Waals surface area contributed by atoms with Crippen LogP contribution in [-0.4, -0.2) is 93.2 Å². The van der Waals surface area contributed by atoms with E-state index in [0.717, 1.165) is 64.1 Å². The molecule has 30 heavy (non-hydrogen) atoms. The molecule has 1 aromatic heterocycles. The molecule has 2 saturated heterocycles. The van der Waals surface area contributed by atoms with Crippen LogP contribution in [0.1, 0.15) is 44.4 Å². The van der Waals surface area contributed by atoms with Gasteiger partial charge in [0.1, 0.15) is 5.76 Å². The number of nitrogens with one attached hydrogen (secondary N) is 2. The Kier molecular flexibility index (Phi) is 12.1. The van der Waals surface area contributed by atoms with Crippen molar-refractivity contribution >= 4 is 29.9 Å². The fourth-order valence-corrected chi connectivity index (χ4v) is 4.27. The first-order valence-electron chi connectivity index (χ1n) is 11.5. The summed E-state index contributed by atoms with van der Waals surface area (Å²) >= 11 is 0. The Morgan fingerprint density at radius 2 is 1.90 bits per heavy atom. The molecular formula is C22H41IN6O. The zero-order valence-corrected chi connectivity index (χ0v) is 21.1. The fraction of sp³-hybridized carbons (Fsp3) is 0.773. The maximum absolute atomic E-state index is 5.76. The van der Waals surface area contributed by atoms with E-state index in [1.807, 2.05) is 6.07 Å². The Hall–Kier alpha value is -0.840. The first-order valence-corrected chi connectivity index (χ1v) is 11.5. The molecule has 1 aromatic rings. The van der Waals surface area contributed by atoms with E-state index in [1.54, 1.807) is 6.26 Å². The summed E-state index contributed by atoms with van der Waals surface area (Å²) in [7, 11) is 2.22. The summed E-state index contributed by atoms with van der Waals surface area (Å²) in [6, 6.07) is 4.30. The van der Waals surface area contributed by atoms with Crippen molar-refractivity contribution in [1.29, 1.82) is 0 Å². The maximum atomic E-state index is 5.76. The second kappa shape index (κ2) is 14.3. The second-order valence-corrected chi connectivity index (χ2v) is 8.27. The summed E-state index contributed by atoms with van der Waals surface area (Å²) in [5.41, 5.74) is 0. The minimum absolute atomic E-state index is 0. The minimum Gasteiger partial charge on any atom is -0.468 e. The van der Waals surface area contributed by atoms with Crippen LogP contribution in [0, 0.1) is 0 Å². The Balaban J connectivity index is 0.00000320. The molecule has 0 aliphatic carbocycles. The lowest BCUT2D eigenvalue weighted by Gasteiger charge is -2.32. The Morgan fingerprint density at radius 1 is 1.07 bits per heavy atom. The SMILES string of the molecule is CCNC(=NCC(c1ccco1)N1CCCCC1)NCCN1CCCN(C)CC1.I. The van der Waals surface area contributed by atoms with Crippen molar-refractivity contribution < 1.29 is 4.42 Å². The molecule has 0 radical (unpaired) electrons. The van der Waals surface area contributed by atoms with Crippen LogP contribution >= 0.6 is 24.0 Å². The van der Waals surface area contributed by atoms with Gasteiger partial charge in [0.25, 0.3) is 0 Å². The quantitative estimate of drug-likeness (QED) is 0.305. The molecule has 172 valence electrons. The van der Waals surface area contributed by atoms with Crippen LogP contribution in [0.25, 0.3) is 0 Å². The molecule has 0 saturated carbocycles. The lowest BCUT2D eigenvalue weighted by atomic mass is 10.1. The molecule has 1 unspecified atom stereocenters. The van der Waals surface area contributed by atoms with Gasteiger partial charge >= 0.3 is 0 Å². The predicted octanol–water partition coefficient (Wildman–Crippen LogP) is 2.62. The highest BCUT2D eigenvalue weighted by molar-refractivity contribution is 14.0. The molecule has 7 nitrogen and oxygen atoms in total. The molecule has 1 atom stereocenters. The third kappa shape index (κ3) is 8.36. The summed E-state index contributed by atoms with van der Waals surface area (Å²) in [5, 5.41) is 6.94. The normalized spacial score (nSPS) is 20.9. The number of hydrogen-bond acceptors (Lipinski definition) is 5. The van der Waals surface area contributed by atoms with Gasteiger partial charge in [0, 0.05) is 32.7 Å². The average Bonchev–Trinajstić information content (AvgIpc) is 3.19. The topological polar surface area (TPSA) is 59.3 Å². The number of aliphatic imine (C=N–C) groups is 1. The Labute approximate surface area is 199 Å². The molecule has 0 amide bonds. The molecule has 3 rings (SSSR count). The van der Waals surface area contributed by atoms with Crippen molar-refractivity contribution in [2.24, 2.45) is 4.99 Å². The highest BCUT2D eigenvalue weighted by Crippen LogP contribution is 2.25. The monoisotopic (exact) mass is 532 g/mol. The van der Waals surface area contributed by atoms with Gasteiger partial charge in [-0.25, -0.2) is 0 Å². The van der Waals surface area contributed by atoms with Gasteiger partial charge in [-0.05, 0) is 71.5 Å². The molecule has 2 aliphatic rings. The van der Waals surface area contributed by atoms with Gasteiger partial charge in [0.2, 0.25) is 0 Å². The highest BCUT2D eigenvalue weighted by Gasteiger charge is 2.24. The first kappa shape index (κ1) is 25.4. The van der Waals surface area contributed by atoms with E-state index in [4.69, 9.17) is 9.41 Å². The average molecular weight is 533 g/mol. The van der Waals surface area contributed by atoms with E-state index in [2.05, 4.69) is 45.4 Å². The number of hydrogen-bond donors (Lipinski definition) is 2. The number of guanidine groups is 1. The van der Waals surface area contributed by atoms with Gasteiger partial charge < -0.3 is 24.9 Å². The van der Waals surface area contributed by atoms with E-state index < -0.39 is 0 Å². The number of likely N-dealkylation sites (tertiary alicyclic amines) is 1. The van der Waals surface area contributed by atoms with Crippen molar-refractivity contribution in [2.75, 3.05) is 72.5 Å². The minimum atomic E-state index is 0. The van der Waals surface area contributed by atoms with E-state index in [1.165, 1.54) is 38.8 Å². The zero-order valence-electron chi connectivity index (χ0n) is 18.8. The van der Waals surface area contributed by atoms with E-state index in [-0.39, 0.29) is 30.0 Å². The molecule has 2 N–H and O–H groups in total. The van der Waals surface area contributed by atoms with Gasteiger partial charge in [0.15, 0.2) is 5.96 Å². The van der Waals surface area contributed by atoms with Gasteiger partial charge in [0.05, 0.1) is 18.8 Å². The molecule has 3 heterocycles. The summed E-state index contributed by atoms with van der Waals surface area (Å²) < 4.78 is 5.76. The molecule has 0 aromatic carbocycles. The van der Waals surface area contributed by atoms with Crippen molar-refractivity contribution in [2.45, 2.75) is 38.6 Å². The largest absolute Gasteiger partial charge is 0.468 e. The Morgan fingerprint density at radius 3 is 2.63 bits per heavy atom. The van der Waals surface area contributed by atoms with Crippen molar-refractivity contribution in [1.82, 2.24) is 25.3 Å². The first-order chi connectivity index (χ1) is 14.3. The standard InChI is InChI=1S/C22H40N6O.HI/c1-3-23-22(24-10-15-27-12-8-11-26(2)16-17-27)25-19-20(21-9-7-18-29-21)28-13-5-4-6-14-28;/h7,9,18,20H,3-6,8,10-17,19H2,1-2H3,(H2,23,24,25);1H. The fourth-order valence-electron chi connectivity index (χ4n) is 4.27. The molecule has 8 heteroatoms. The van der Waals surface area contributed by atoms with Crippen LogP contribution in [0.4, 0.5) is 0 Å². The summed E-state index contributed by atoms with van der Waals surface area (Å²) in [5.74, 6) is 1.94. The van der Waals surface area contributed by atoms with Crippen molar-refractivity contribution in [3.63, 3.8) is 0 Å². The third-order valence-corrected chi connectivity index (χ3v) is 6.00. The lowest BCUT2D eigenvalue weighted by molar-refractivity contribution is 0.150. The lowest BCUT2D eigenvalue weighted by Crippen LogP contribution is -2.43. The van der Waals surface area contributed by atoms with Crippen LogP contribution in [0.15, 0.2) is 27.8 Å². The van der Waals surface area contributed by atoms with Crippen LogP contribution < -0.4 is 10.6 Å². The van der Waals surface area contributed by atoms with Crippen LogP contribution in [-0.2, 0) is 0 Å². The molecular weight excluding hydrogens is 491 g/mol. The molecule has 0 bridgehead atoms. The van der Waals surface area contributed by atoms with E-state index in [0.29, 0.717) is 0 Å².